The smallest absolute Gasteiger partial charge is 0.322 e. The quantitative estimate of drug-likeness (QED) is 0.494. The lowest BCUT2D eigenvalue weighted by Crippen LogP contribution is -2.34. The average Bonchev–Trinajstić information content (AvgIpc) is 2.24. The van der Waals surface area contributed by atoms with Crippen LogP contribution in [0.3, 0.4) is 0 Å². The minimum Gasteiger partial charge on any atom is -0.465 e. The van der Waals surface area contributed by atoms with Crippen molar-refractivity contribution in [2.24, 2.45) is 0 Å². The fraction of sp³-hybridized carbons (Fsp3) is 0.846. The number of carbonyl (C=O) groups is 2. The number of carbonyl (C=O) groups excluding carboxylic acids is 2. The molecule has 0 saturated heterocycles. The summed E-state index contributed by atoms with van der Waals surface area (Å²) in [5.74, 6) is -0.267. The summed E-state index contributed by atoms with van der Waals surface area (Å²) in [5, 5.41) is -0.0314. The van der Waals surface area contributed by atoms with Crippen LogP contribution in [-0.4, -0.2) is 22.4 Å². The Morgan fingerprint density at radius 1 is 1.18 bits per heavy atom. The molecular weight excluding hydrogens is 236 g/mol. The van der Waals surface area contributed by atoms with Crippen molar-refractivity contribution in [2.45, 2.75) is 64.5 Å². The van der Waals surface area contributed by atoms with E-state index < -0.39 is 4.75 Å². The Labute approximate surface area is 109 Å². The van der Waals surface area contributed by atoms with Gasteiger partial charge in [-0.3, -0.25) is 9.59 Å². The van der Waals surface area contributed by atoms with Gasteiger partial charge < -0.3 is 4.74 Å². The number of thioether (sulfide) groups is 1. The molecule has 0 aliphatic rings. The lowest BCUT2D eigenvalue weighted by Gasteiger charge is -2.25. The maximum atomic E-state index is 11.9. The Kier molecular flexibility index (Phi) is 8.30. The fourth-order valence-electron chi connectivity index (χ4n) is 1.68. The van der Waals surface area contributed by atoms with Crippen molar-refractivity contribution in [3.63, 3.8) is 0 Å². The summed E-state index contributed by atoms with van der Waals surface area (Å²) < 4.78 is 4.34. The van der Waals surface area contributed by atoms with Gasteiger partial charge in [-0.25, -0.2) is 0 Å². The van der Waals surface area contributed by atoms with Crippen LogP contribution in [0.25, 0.3) is 0 Å². The van der Waals surface area contributed by atoms with E-state index in [1.165, 1.54) is 13.3 Å². The molecule has 0 amide bonds. The molecule has 0 bridgehead atoms. The molecule has 0 aliphatic heterocycles. The van der Waals surface area contributed by atoms with Crippen molar-refractivity contribution in [1.82, 2.24) is 0 Å². The first-order chi connectivity index (χ1) is 7.96. The van der Waals surface area contributed by atoms with Crippen molar-refractivity contribution in [3.05, 3.63) is 0 Å². The maximum absolute atomic E-state index is 11.9. The highest BCUT2D eigenvalue weighted by molar-refractivity contribution is 8.15. The van der Waals surface area contributed by atoms with Crippen LogP contribution in [0.5, 0.6) is 0 Å². The van der Waals surface area contributed by atoms with Crippen LogP contribution < -0.4 is 0 Å². The highest BCUT2D eigenvalue weighted by Gasteiger charge is 2.36. The molecule has 0 fully saturated rings. The van der Waals surface area contributed by atoms with E-state index in [9.17, 15) is 9.59 Å². The lowest BCUT2D eigenvalue weighted by atomic mass is 10.0. The van der Waals surface area contributed by atoms with E-state index in [2.05, 4.69) is 6.92 Å². The predicted molar refractivity (Wildman–Crippen MR) is 72.1 cm³/mol. The molecule has 3 nitrogen and oxygen atoms in total. The van der Waals surface area contributed by atoms with Crippen LogP contribution in [0, 0.1) is 0 Å². The van der Waals surface area contributed by atoms with Crippen molar-refractivity contribution in [3.8, 4) is 0 Å². The molecule has 0 rings (SSSR count). The first kappa shape index (κ1) is 16.5. The third-order valence-corrected chi connectivity index (χ3v) is 3.69. The van der Waals surface area contributed by atoms with Gasteiger partial charge in [0.05, 0.1) is 6.61 Å². The van der Waals surface area contributed by atoms with Gasteiger partial charge in [-0.05, 0) is 20.3 Å². The zero-order valence-corrected chi connectivity index (χ0v) is 12.2. The topological polar surface area (TPSA) is 43.4 Å². The Morgan fingerprint density at radius 2 is 1.82 bits per heavy atom. The molecule has 4 heteroatoms. The molecule has 100 valence electrons. The molecule has 0 aromatic rings. The van der Waals surface area contributed by atoms with Gasteiger partial charge in [0.15, 0.2) is 5.12 Å². The maximum Gasteiger partial charge on any atom is 0.322 e. The zero-order chi connectivity index (χ0) is 13.3. The summed E-state index contributed by atoms with van der Waals surface area (Å²) >= 11 is 1.09. The second-order valence-electron chi connectivity index (χ2n) is 4.36. The Hall–Kier alpha value is -0.510. The summed E-state index contributed by atoms with van der Waals surface area (Å²) in [6.07, 6.45) is 5.10. The number of hydrogen-bond donors (Lipinski definition) is 0. The highest BCUT2D eigenvalue weighted by atomic mass is 32.2. The Balaban J connectivity index is 4.38. The van der Waals surface area contributed by atoms with E-state index in [0.29, 0.717) is 13.0 Å². The van der Waals surface area contributed by atoms with Crippen molar-refractivity contribution in [2.75, 3.05) is 6.61 Å². The van der Waals surface area contributed by atoms with Crippen LogP contribution in [0.1, 0.15) is 59.8 Å². The molecule has 1 unspecified atom stereocenters. The first-order valence-electron chi connectivity index (χ1n) is 6.33. The van der Waals surface area contributed by atoms with Crippen LogP contribution >= 0.6 is 11.8 Å². The van der Waals surface area contributed by atoms with Crippen LogP contribution in [0.2, 0.25) is 0 Å². The van der Waals surface area contributed by atoms with Crippen LogP contribution in [0.15, 0.2) is 0 Å². The molecule has 0 spiro atoms. The fourth-order valence-corrected chi connectivity index (χ4v) is 2.71. The standard InChI is InChI=1S/C13H24O3S/c1-5-7-8-9-10-13(4,17-11(3)14)12(15)16-6-2/h5-10H2,1-4H3. The SMILES string of the molecule is CCCCCCC(C)(SC(C)=O)C(=O)OCC. The van der Waals surface area contributed by atoms with Gasteiger partial charge in [0, 0.05) is 6.92 Å². The summed E-state index contributed by atoms with van der Waals surface area (Å²) in [6, 6.07) is 0. The van der Waals surface area contributed by atoms with E-state index in [0.717, 1.165) is 31.0 Å². The largest absolute Gasteiger partial charge is 0.465 e. The van der Waals surface area contributed by atoms with Crippen molar-refractivity contribution >= 4 is 22.8 Å². The third kappa shape index (κ3) is 6.71. The van der Waals surface area contributed by atoms with E-state index in [1.54, 1.807) is 6.92 Å². The number of hydrogen-bond acceptors (Lipinski definition) is 4. The molecule has 0 radical (unpaired) electrons. The van der Waals surface area contributed by atoms with Gasteiger partial charge in [0.2, 0.25) is 0 Å². The minimum absolute atomic E-state index is 0.0314. The van der Waals surface area contributed by atoms with E-state index in [-0.39, 0.29) is 11.1 Å². The van der Waals surface area contributed by atoms with Gasteiger partial charge in [-0.15, -0.1) is 0 Å². The average molecular weight is 260 g/mol. The third-order valence-electron chi connectivity index (χ3n) is 2.58. The molecule has 0 saturated carbocycles. The summed E-state index contributed by atoms with van der Waals surface area (Å²) in [4.78, 5) is 23.1. The summed E-state index contributed by atoms with van der Waals surface area (Å²) in [6.45, 7) is 7.60. The summed E-state index contributed by atoms with van der Waals surface area (Å²) in [7, 11) is 0. The Morgan fingerprint density at radius 3 is 2.29 bits per heavy atom. The monoisotopic (exact) mass is 260 g/mol. The predicted octanol–water partition coefficient (Wildman–Crippen LogP) is 3.56. The van der Waals surface area contributed by atoms with Crippen molar-refractivity contribution < 1.29 is 14.3 Å². The van der Waals surface area contributed by atoms with Gasteiger partial charge in [0.25, 0.3) is 0 Å². The normalized spacial score (nSPS) is 14.1. The molecule has 0 N–H and O–H groups in total. The molecule has 17 heavy (non-hydrogen) atoms. The van der Waals surface area contributed by atoms with Crippen molar-refractivity contribution in [1.29, 1.82) is 0 Å². The molecular formula is C13H24O3S. The number of rotatable bonds is 8. The van der Waals surface area contributed by atoms with Gasteiger partial charge >= 0.3 is 5.97 Å². The Bertz CT molecular complexity index is 253. The highest BCUT2D eigenvalue weighted by Crippen LogP contribution is 2.32. The first-order valence-corrected chi connectivity index (χ1v) is 7.14. The van der Waals surface area contributed by atoms with Crippen LogP contribution in [0.4, 0.5) is 0 Å². The lowest BCUT2D eigenvalue weighted by molar-refractivity contribution is -0.146. The van der Waals surface area contributed by atoms with Gasteiger partial charge in [-0.2, -0.15) is 0 Å². The molecule has 0 heterocycles. The van der Waals surface area contributed by atoms with Gasteiger partial charge in [-0.1, -0.05) is 44.4 Å². The molecule has 0 aromatic heterocycles. The van der Waals surface area contributed by atoms with E-state index in [4.69, 9.17) is 4.74 Å². The second kappa shape index (κ2) is 8.56. The number of unbranched alkanes of at least 4 members (excludes halogenated alkanes) is 3. The van der Waals surface area contributed by atoms with E-state index in [1.807, 2.05) is 6.92 Å². The summed E-state index contributed by atoms with van der Waals surface area (Å²) in [5.41, 5.74) is 0. The molecule has 1 atom stereocenters. The number of esters is 1. The minimum atomic E-state index is -0.713. The number of ether oxygens (including phenoxy) is 1. The molecule has 0 aliphatic carbocycles. The molecule has 0 aromatic carbocycles. The van der Waals surface area contributed by atoms with Crippen LogP contribution in [-0.2, 0) is 14.3 Å². The second-order valence-corrected chi connectivity index (χ2v) is 6.04. The zero-order valence-electron chi connectivity index (χ0n) is 11.4. The van der Waals surface area contributed by atoms with E-state index >= 15 is 0 Å². The van der Waals surface area contributed by atoms with Gasteiger partial charge in [0.1, 0.15) is 4.75 Å².